The average Bonchev–Trinajstić information content (AvgIpc) is 2.31. The Morgan fingerprint density at radius 2 is 2.17 bits per heavy atom. The van der Waals surface area contributed by atoms with E-state index < -0.39 is 0 Å². The van der Waals surface area contributed by atoms with Crippen LogP contribution in [0.1, 0.15) is 32.1 Å². The van der Waals surface area contributed by atoms with E-state index in [1.165, 1.54) is 18.4 Å². The maximum absolute atomic E-state index is 11.1. The molecule has 3 nitrogen and oxygen atoms in total. The van der Waals surface area contributed by atoms with E-state index in [2.05, 4.69) is 48.0 Å². The van der Waals surface area contributed by atoms with Gasteiger partial charge in [0.1, 0.15) is 0 Å². The van der Waals surface area contributed by atoms with Gasteiger partial charge in [0.05, 0.1) is 7.11 Å². The molecule has 0 aromatic carbocycles. The van der Waals surface area contributed by atoms with Gasteiger partial charge in [-0.15, -0.1) is 0 Å². The van der Waals surface area contributed by atoms with E-state index in [4.69, 9.17) is 0 Å². The van der Waals surface area contributed by atoms with Crippen LogP contribution in [0.5, 0.6) is 0 Å². The number of hydrogen-bond donors (Lipinski definition) is 0. The highest BCUT2D eigenvalue weighted by atomic mass is 16.5. The minimum atomic E-state index is -0.122. The highest BCUT2D eigenvalue weighted by Gasteiger charge is 2.09. The van der Waals surface area contributed by atoms with Gasteiger partial charge in [0, 0.05) is 26.2 Å². The standard InChI is InChI=1S/C15H23NO2/c1-16(2)14-11-7-5-4-6-9-13(14)10-8-12-15(17)18-3/h4-5,7,11H,6,8-10,12H2,1-3H3/b5-4+,11-7-,14-13-. The summed E-state index contributed by atoms with van der Waals surface area (Å²) < 4.78 is 4.67. The summed E-state index contributed by atoms with van der Waals surface area (Å²) in [5.74, 6) is -0.122. The largest absolute Gasteiger partial charge is 0.469 e. The Bertz CT molecular complexity index is 365. The van der Waals surface area contributed by atoms with Crippen molar-refractivity contribution in [3.05, 3.63) is 35.6 Å². The Kier molecular flexibility index (Phi) is 6.26. The zero-order valence-electron chi connectivity index (χ0n) is 11.6. The summed E-state index contributed by atoms with van der Waals surface area (Å²) in [5, 5.41) is 0. The van der Waals surface area contributed by atoms with Crippen molar-refractivity contribution in [2.75, 3.05) is 21.2 Å². The fourth-order valence-corrected chi connectivity index (χ4v) is 2.09. The molecule has 1 rings (SSSR count). The van der Waals surface area contributed by atoms with E-state index in [0.29, 0.717) is 6.42 Å². The number of likely N-dealkylation sites (N-methyl/N-ethyl adjacent to an activating group) is 1. The molecule has 1 aliphatic rings. The highest BCUT2D eigenvalue weighted by Crippen LogP contribution is 2.22. The van der Waals surface area contributed by atoms with Crippen molar-refractivity contribution in [2.45, 2.75) is 32.1 Å². The van der Waals surface area contributed by atoms with Crippen molar-refractivity contribution in [1.29, 1.82) is 0 Å². The number of allylic oxidation sites excluding steroid dienone is 5. The topological polar surface area (TPSA) is 29.5 Å². The van der Waals surface area contributed by atoms with Crippen LogP contribution in [0, 0.1) is 0 Å². The van der Waals surface area contributed by atoms with E-state index in [9.17, 15) is 4.79 Å². The second-order valence-electron chi connectivity index (χ2n) is 4.64. The van der Waals surface area contributed by atoms with Crippen LogP contribution in [0.4, 0.5) is 0 Å². The lowest BCUT2D eigenvalue weighted by Gasteiger charge is -2.20. The first-order valence-electron chi connectivity index (χ1n) is 6.44. The molecule has 1 aliphatic carbocycles. The minimum Gasteiger partial charge on any atom is -0.469 e. The lowest BCUT2D eigenvalue weighted by Crippen LogP contribution is -2.13. The number of nitrogens with zero attached hydrogens (tertiary/aromatic N) is 1. The highest BCUT2D eigenvalue weighted by molar-refractivity contribution is 5.69. The molecule has 0 aromatic rings. The molecule has 18 heavy (non-hydrogen) atoms. The van der Waals surface area contributed by atoms with Crippen LogP contribution in [0.25, 0.3) is 0 Å². The Labute approximate surface area is 110 Å². The molecular formula is C15H23NO2. The number of carbonyl (C=O) groups is 1. The van der Waals surface area contributed by atoms with Crippen molar-refractivity contribution in [3.8, 4) is 0 Å². The first kappa shape index (κ1) is 14.6. The van der Waals surface area contributed by atoms with E-state index in [0.717, 1.165) is 25.7 Å². The Morgan fingerprint density at radius 3 is 2.83 bits per heavy atom. The molecule has 0 aliphatic heterocycles. The smallest absolute Gasteiger partial charge is 0.305 e. The third-order valence-corrected chi connectivity index (χ3v) is 3.05. The molecular weight excluding hydrogens is 226 g/mol. The van der Waals surface area contributed by atoms with Crippen molar-refractivity contribution in [2.24, 2.45) is 0 Å². The molecule has 100 valence electrons. The van der Waals surface area contributed by atoms with Gasteiger partial charge in [-0.25, -0.2) is 0 Å². The van der Waals surface area contributed by atoms with Crippen molar-refractivity contribution in [3.63, 3.8) is 0 Å². The van der Waals surface area contributed by atoms with Crippen LogP contribution in [0.3, 0.4) is 0 Å². The number of hydrogen-bond acceptors (Lipinski definition) is 3. The van der Waals surface area contributed by atoms with E-state index in [-0.39, 0.29) is 5.97 Å². The molecule has 0 aromatic heterocycles. The summed E-state index contributed by atoms with van der Waals surface area (Å²) in [6.07, 6.45) is 12.9. The third-order valence-electron chi connectivity index (χ3n) is 3.05. The molecule has 0 fully saturated rings. The number of ether oxygens (including phenoxy) is 1. The van der Waals surface area contributed by atoms with Crippen LogP contribution in [-0.4, -0.2) is 32.1 Å². The molecule has 0 bridgehead atoms. The van der Waals surface area contributed by atoms with Gasteiger partial charge < -0.3 is 9.64 Å². The third kappa shape index (κ3) is 4.78. The SMILES string of the molecule is COC(=O)CCC/C1=C(N(C)C)/C=C\C=C\CC1. The summed E-state index contributed by atoms with van der Waals surface area (Å²) in [7, 11) is 5.56. The number of methoxy groups -OCH3 is 1. The summed E-state index contributed by atoms with van der Waals surface area (Å²) >= 11 is 0. The first-order chi connectivity index (χ1) is 8.65. The van der Waals surface area contributed by atoms with Crippen LogP contribution in [0.15, 0.2) is 35.6 Å². The summed E-state index contributed by atoms with van der Waals surface area (Å²) in [4.78, 5) is 13.3. The van der Waals surface area contributed by atoms with Crippen molar-refractivity contribution >= 4 is 5.97 Å². The Hall–Kier alpha value is -1.51. The predicted octanol–water partition coefficient (Wildman–Crippen LogP) is 3.05. The second kappa shape index (κ2) is 7.75. The van der Waals surface area contributed by atoms with Gasteiger partial charge in [0.2, 0.25) is 0 Å². The molecule has 0 radical (unpaired) electrons. The second-order valence-corrected chi connectivity index (χ2v) is 4.64. The zero-order chi connectivity index (χ0) is 13.4. The molecule has 3 heteroatoms. The Balaban J connectivity index is 2.67. The van der Waals surface area contributed by atoms with Crippen LogP contribution in [-0.2, 0) is 9.53 Å². The van der Waals surface area contributed by atoms with Crippen molar-refractivity contribution < 1.29 is 9.53 Å². The monoisotopic (exact) mass is 249 g/mol. The predicted molar refractivity (Wildman–Crippen MR) is 74.1 cm³/mol. The van der Waals surface area contributed by atoms with Gasteiger partial charge in [0.15, 0.2) is 0 Å². The number of esters is 1. The van der Waals surface area contributed by atoms with Gasteiger partial charge in [-0.1, -0.05) is 18.2 Å². The molecule has 0 unspecified atom stereocenters. The maximum atomic E-state index is 11.1. The maximum Gasteiger partial charge on any atom is 0.305 e. The molecule has 0 saturated carbocycles. The summed E-state index contributed by atoms with van der Waals surface area (Å²) in [6, 6.07) is 0. The van der Waals surface area contributed by atoms with E-state index >= 15 is 0 Å². The van der Waals surface area contributed by atoms with Crippen LogP contribution < -0.4 is 0 Å². The summed E-state index contributed by atoms with van der Waals surface area (Å²) in [6.45, 7) is 0. The zero-order valence-corrected chi connectivity index (χ0v) is 11.6. The van der Waals surface area contributed by atoms with Crippen LogP contribution >= 0.6 is 0 Å². The molecule has 0 heterocycles. The Morgan fingerprint density at radius 1 is 1.39 bits per heavy atom. The lowest BCUT2D eigenvalue weighted by molar-refractivity contribution is -0.140. The molecule has 0 N–H and O–H groups in total. The van der Waals surface area contributed by atoms with Crippen molar-refractivity contribution in [1.82, 2.24) is 4.90 Å². The number of carbonyl (C=O) groups excluding carboxylic acids is 1. The summed E-state index contributed by atoms with van der Waals surface area (Å²) in [5.41, 5.74) is 2.69. The average molecular weight is 249 g/mol. The van der Waals surface area contributed by atoms with E-state index in [1.807, 2.05) is 0 Å². The van der Waals surface area contributed by atoms with Gasteiger partial charge >= 0.3 is 5.97 Å². The normalized spacial score (nSPS) is 22.8. The molecule has 0 spiro atoms. The van der Waals surface area contributed by atoms with E-state index in [1.54, 1.807) is 0 Å². The van der Waals surface area contributed by atoms with Gasteiger partial charge in [-0.2, -0.15) is 0 Å². The van der Waals surface area contributed by atoms with Crippen LogP contribution in [0.2, 0.25) is 0 Å². The quantitative estimate of drug-likeness (QED) is 0.701. The lowest BCUT2D eigenvalue weighted by atomic mass is 9.99. The number of rotatable bonds is 5. The first-order valence-corrected chi connectivity index (χ1v) is 6.44. The van der Waals surface area contributed by atoms with Gasteiger partial charge in [0.25, 0.3) is 0 Å². The van der Waals surface area contributed by atoms with Gasteiger partial charge in [-0.05, 0) is 37.3 Å². The molecule has 0 atom stereocenters. The van der Waals surface area contributed by atoms with Gasteiger partial charge in [-0.3, -0.25) is 4.79 Å². The fourth-order valence-electron chi connectivity index (χ4n) is 2.09. The molecule has 0 amide bonds. The minimum absolute atomic E-state index is 0.122. The molecule has 0 saturated heterocycles. The fraction of sp³-hybridized carbons (Fsp3) is 0.533.